The molecule has 0 aliphatic heterocycles. The molecule has 1 amide bonds. The van der Waals surface area contributed by atoms with Gasteiger partial charge in [0.2, 0.25) is 5.91 Å². The molecule has 0 radical (unpaired) electrons. The number of nitrogens with two attached hydrogens (primary N) is 1. The van der Waals surface area contributed by atoms with E-state index in [-0.39, 0.29) is 5.91 Å². The molecule has 6 heteroatoms. The lowest BCUT2D eigenvalue weighted by Gasteiger charge is -2.34. The Morgan fingerprint density at radius 3 is 2.75 bits per heavy atom. The van der Waals surface area contributed by atoms with E-state index in [2.05, 4.69) is 10.3 Å². The van der Waals surface area contributed by atoms with Crippen molar-refractivity contribution in [3.8, 4) is 0 Å². The summed E-state index contributed by atoms with van der Waals surface area (Å²) in [4.78, 5) is 17.2. The van der Waals surface area contributed by atoms with Crippen LogP contribution >= 0.6 is 23.6 Å². The number of aromatic nitrogens is 1. The van der Waals surface area contributed by atoms with Crippen LogP contribution in [0.4, 0.5) is 0 Å². The van der Waals surface area contributed by atoms with E-state index in [4.69, 9.17) is 18.0 Å². The molecule has 1 aliphatic carbocycles. The van der Waals surface area contributed by atoms with Crippen LogP contribution in [0, 0.1) is 12.3 Å². The minimum atomic E-state index is -0.619. The van der Waals surface area contributed by atoms with Crippen molar-refractivity contribution in [3.05, 3.63) is 16.1 Å². The van der Waals surface area contributed by atoms with Crippen molar-refractivity contribution in [2.45, 2.75) is 45.4 Å². The van der Waals surface area contributed by atoms with Crippen LogP contribution in [0.3, 0.4) is 0 Å². The normalized spacial score (nSPS) is 17.6. The van der Waals surface area contributed by atoms with Gasteiger partial charge in [-0.25, -0.2) is 4.98 Å². The minimum Gasteiger partial charge on any atom is -0.392 e. The van der Waals surface area contributed by atoms with Crippen LogP contribution in [0.5, 0.6) is 0 Å². The van der Waals surface area contributed by atoms with Crippen LogP contribution in [0.1, 0.15) is 42.8 Å². The third-order valence-electron chi connectivity index (χ3n) is 3.90. The molecule has 1 saturated carbocycles. The highest BCUT2D eigenvalue weighted by Crippen LogP contribution is 2.36. The first-order valence-electron chi connectivity index (χ1n) is 7.04. The van der Waals surface area contributed by atoms with Crippen molar-refractivity contribution in [1.82, 2.24) is 10.3 Å². The molecule has 0 spiro atoms. The smallest absolute Gasteiger partial charge is 0.233 e. The molecule has 1 aliphatic rings. The van der Waals surface area contributed by atoms with Gasteiger partial charge in [0, 0.05) is 24.0 Å². The number of rotatable bonds is 5. The maximum absolute atomic E-state index is 12.5. The molecular formula is C14H21N3OS2. The van der Waals surface area contributed by atoms with Gasteiger partial charge < -0.3 is 11.1 Å². The molecule has 4 nitrogen and oxygen atoms in total. The Labute approximate surface area is 129 Å². The molecule has 1 aromatic heterocycles. The summed E-state index contributed by atoms with van der Waals surface area (Å²) in [5.74, 6) is -0.00187. The number of nitrogens with one attached hydrogen (secondary N) is 1. The van der Waals surface area contributed by atoms with E-state index < -0.39 is 5.41 Å². The Morgan fingerprint density at radius 2 is 2.20 bits per heavy atom. The van der Waals surface area contributed by atoms with Crippen LogP contribution in [-0.4, -0.2) is 22.4 Å². The van der Waals surface area contributed by atoms with E-state index >= 15 is 0 Å². The number of carbonyl (C=O) groups is 1. The van der Waals surface area contributed by atoms with E-state index in [1.54, 1.807) is 11.3 Å². The zero-order chi connectivity index (χ0) is 14.6. The van der Waals surface area contributed by atoms with Crippen molar-refractivity contribution in [2.24, 2.45) is 11.1 Å². The Hall–Kier alpha value is -1.01. The third-order valence-corrected chi connectivity index (χ3v) is 5.32. The molecule has 0 atom stereocenters. The number of hydrogen-bond acceptors (Lipinski definition) is 4. The van der Waals surface area contributed by atoms with Crippen molar-refractivity contribution in [3.63, 3.8) is 0 Å². The number of amides is 1. The predicted molar refractivity (Wildman–Crippen MR) is 85.9 cm³/mol. The van der Waals surface area contributed by atoms with Gasteiger partial charge in [0.1, 0.15) is 0 Å². The summed E-state index contributed by atoms with van der Waals surface area (Å²) in [7, 11) is 0. The summed E-state index contributed by atoms with van der Waals surface area (Å²) < 4.78 is 0. The molecule has 3 N–H and O–H groups in total. The van der Waals surface area contributed by atoms with Gasteiger partial charge in [-0.1, -0.05) is 31.5 Å². The maximum atomic E-state index is 12.5. The SMILES string of the molecule is Cc1csc(CCNC(=O)C2(C(N)=S)CCCCC2)n1. The first-order chi connectivity index (χ1) is 9.54. The molecule has 110 valence electrons. The first-order valence-corrected chi connectivity index (χ1v) is 8.32. The van der Waals surface area contributed by atoms with Crippen LogP contribution < -0.4 is 11.1 Å². The van der Waals surface area contributed by atoms with Crippen LogP contribution in [0.25, 0.3) is 0 Å². The molecular weight excluding hydrogens is 290 g/mol. The molecule has 0 saturated heterocycles. The highest BCUT2D eigenvalue weighted by Gasteiger charge is 2.42. The summed E-state index contributed by atoms with van der Waals surface area (Å²) >= 11 is 6.79. The lowest BCUT2D eigenvalue weighted by Crippen LogP contribution is -2.50. The fourth-order valence-electron chi connectivity index (χ4n) is 2.71. The molecule has 1 fully saturated rings. The largest absolute Gasteiger partial charge is 0.392 e. The molecule has 1 aromatic rings. The number of thiazole rings is 1. The molecule has 0 aromatic carbocycles. The van der Waals surface area contributed by atoms with Gasteiger partial charge in [-0.3, -0.25) is 4.79 Å². The molecule has 0 unspecified atom stereocenters. The second-order valence-electron chi connectivity index (χ2n) is 5.40. The van der Waals surface area contributed by atoms with E-state index in [1.165, 1.54) is 0 Å². The summed E-state index contributed by atoms with van der Waals surface area (Å²) in [6.07, 6.45) is 5.54. The fraction of sp³-hybridized carbons (Fsp3) is 0.643. The number of nitrogens with zero attached hydrogens (tertiary/aromatic N) is 1. The topological polar surface area (TPSA) is 68.0 Å². The van der Waals surface area contributed by atoms with Crippen LogP contribution in [-0.2, 0) is 11.2 Å². The molecule has 1 heterocycles. The second-order valence-corrected chi connectivity index (χ2v) is 6.78. The Kier molecular flexibility index (Phi) is 5.10. The van der Waals surface area contributed by atoms with Gasteiger partial charge in [0.05, 0.1) is 15.4 Å². The number of aryl methyl sites for hydroxylation is 1. The summed E-state index contributed by atoms with van der Waals surface area (Å²) in [5.41, 5.74) is 6.26. The molecule has 2 rings (SSSR count). The lowest BCUT2D eigenvalue weighted by atomic mass is 9.73. The lowest BCUT2D eigenvalue weighted by molar-refractivity contribution is -0.128. The van der Waals surface area contributed by atoms with Gasteiger partial charge in [0.15, 0.2) is 0 Å². The zero-order valence-corrected chi connectivity index (χ0v) is 13.4. The van der Waals surface area contributed by atoms with Crippen molar-refractivity contribution in [1.29, 1.82) is 0 Å². The van der Waals surface area contributed by atoms with Gasteiger partial charge in [-0.15, -0.1) is 11.3 Å². The number of hydrogen-bond donors (Lipinski definition) is 2. The molecule has 20 heavy (non-hydrogen) atoms. The number of thiocarbonyl (C=S) groups is 1. The first kappa shape index (κ1) is 15.4. The van der Waals surface area contributed by atoms with Gasteiger partial charge in [-0.05, 0) is 19.8 Å². The average molecular weight is 311 g/mol. The second kappa shape index (κ2) is 6.63. The molecule has 0 bridgehead atoms. The summed E-state index contributed by atoms with van der Waals surface area (Å²) in [5, 5.41) is 6.07. The Balaban J connectivity index is 1.90. The number of carbonyl (C=O) groups excluding carboxylic acids is 1. The standard InChI is InChI=1S/C14H21N3OS2/c1-10-9-20-11(17-10)5-8-16-13(18)14(12(15)19)6-3-2-4-7-14/h9H,2-8H2,1H3,(H2,15,19)(H,16,18). The Morgan fingerprint density at radius 1 is 1.50 bits per heavy atom. The van der Waals surface area contributed by atoms with Crippen LogP contribution in [0.2, 0.25) is 0 Å². The van der Waals surface area contributed by atoms with E-state index in [1.807, 2.05) is 12.3 Å². The Bertz CT molecular complexity index is 492. The fourth-order valence-corrected chi connectivity index (χ4v) is 3.78. The highest BCUT2D eigenvalue weighted by atomic mass is 32.1. The van der Waals surface area contributed by atoms with E-state index in [0.29, 0.717) is 11.5 Å². The average Bonchev–Trinajstić information content (AvgIpc) is 2.85. The quantitative estimate of drug-likeness (QED) is 0.819. The zero-order valence-electron chi connectivity index (χ0n) is 11.8. The van der Waals surface area contributed by atoms with Gasteiger partial charge >= 0.3 is 0 Å². The van der Waals surface area contributed by atoms with E-state index in [9.17, 15) is 4.79 Å². The predicted octanol–water partition coefficient (Wildman–Crippen LogP) is 2.35. The highest BCUT2D eigenvalue weighted by molar-refractivity contribution is 7.80. The van der Waals surface area contributed by atoms with Crippen molar-refractivity contribution < 1.29 is 4.79 Å². The van der Waals surface area contributed by atoms with Crippen LogP contribution in [0.15, 0.2) is 5.38 Å². The van der Waals surface area contributed by atoms with Crippen molar-refractivity contribution >= 4 is 34.5 Å². The summed E-state index contributed by atoms with van der Waals surface area (Å²) in [6, 6.07) is 0. The van der Waals surface area contributed by atoms with Crippen molar-refractivity contribution in [2.75, 3.05) is 6.54 Å². The maximum Gasteiger partial charge on any atom is 0.233 e. The van der Waals surface area contributed by atoms with Gasteiger partial charge in [-0.2, -0.15) is 0 Å². The van der Waals surface area contributed by atoms with E-state index in [0.717, 1.165) is 49.2 Å². The third kappa shape index (κ3) is 3.35. The monoisotopic (exact) mass is 311 g/mol. The van der Waals surface area contributed by atoms with Gasteiger partial charge in [0.25, 0.3) is 0 Å². The minimum absolute atomic E-state index is 0.00187. The summed E-state index contributed by atoms with van der Waals surface area (Å²) in [6.45, 7) is 2.57.